The number of carbonyl (C=O) groups excluding carboxylic acids is 2. The topological polar surface area (TPSA) is 109 Å². The van der Waals surface area contributed by atoms with E-state index < -0.39 is 23.5 Å². The minimum absolute atomic E-state index is 0.165. The summed E-state index contributed by atoms with van der Waals surface area (Å²) in [4.78, 5) is 35.6. The Morgan fingerprint density at radius 3 is 2.62 bits per heavy atom. The third-order valence-corrected chi connectivity index (χ3v) is 4.66. The standard InChI is InChI=1S/C18H21NO6S/c1-9-5-13(24-3)16-10(2)11(18(23)25-14(16)6-9)7-15(20)19-12(8-26-4)17(21)22/h5-6,12H,7-8H2,1-4H3,(H,19,20)(H,21,22)/p-1/t12-/m0/s1. The average molecular weight is 378 g/mol. The highest BCUT2D eigenvalue weighted by molar-refractivity contribution is 7.98. The van der Waals surface area contributed by atoms with Gasteiger partial charge < -0.3 is 24.4 Å². The molecular weight excluding hydrogens is 358 g/mol. The summed E-state index contributed by atoms with van der Waals surface area (Å²) in [5, 5.41) is 14.1. The van der Waals surface area contributed by atoms with Gasteiger partial charge in [-0.05, 0) is 43.4 Å². The Balaban J connectivity index is 2.41. The smallest absolute Gasteiger partial charge is 0.340 e. The first-order chi connectivity index (χ1) is 12.3. The van der Waals surface area contributed by atoms with Crippen LogP contribution in [0.4, 0.5) is 0 Å². The molecule has 0 unspecified atom stereocenters. The van der Waals surface area contributed by atoms with E-state index in [0.717, 1.165) is 5.56 Å². The van der Waals surface area contributed by atoms with Gasteiger partial charge in [0, 0.05) is 5.75 Å². The molecule has 1 amide bonds. The van der Waals surface area contributed by atoms with Crippen molar-refractivity contribution in [2.24, 2.45) is 0 Å². The van der Waals surface area contributed by atoms with Crippen LogP contribution in [0.1, 0.15) is 16.7 Å². The van der Waals surface area contributed by atoms with Crippen LogP contribution in [0, 0.1) is 13.8 Å². The fourth-order valence-electron chi connectivity index (χ4n) is 2.74. The molecule has 0 fully saturated rings. The van der Waals surface area contributed by atoms with Gasteiger partial charge >= 0.3 is 5.63 Å². The number of carboxylic acids is 1. The van der Waals surface area contributed by atoms with Gasteiger partial charge in [-0.1, -0.05) is 0 Å². The van der Waals surface area contributed by atoms with E-state index in [-0.39, 0.29) is 17.7 Å². The fourth-order valence-corrected chi connectivity index (χ4v) is 3.30. The number of fused-ring (bicyclic) bond motifs is 1. The minimum atomic E-state index is -1.37. The molecule has 0 aliphatic heterocycles. The zero-order valence-corrected chi connectivity index (χ0v) is 15.8. The Hall–Kier alpha value is -2.48. The molecule has 0 spiro atoms. The summed E-state index contributed by atoms with van der Waals surface area (Å²) in [6.07, 6.45) is 1.43. The van der Waals surface area contributed by atoms with Gasteiger partial charge in [-0.2, -0.15) is 11.8 Å². The Morgan fingerprint density at radius 2 is 2.04 bits per heavy atom. The van der Waals surface area contributed by atoms with E-state index in [1.54, 1.807) is 19.2 Å². The van der Waals surface area contributed by atoms with Crippen molar-refractivity contribution in [3.05, 3.63) is 39.2 Å². The second-order valence-electron chi connectivity index (χ2n) is 5.90. The number of hydrogen-bond donors (Lipinski definition) is 1. The van der Waals surface area contributed by atoms with Gasteiger partial charge in [0.15, 0.2) is 0 Å². The molecule has 0 saturated carbocycles. The Labute approximate surface area is 154 Å². The van der Waals surface area contributed by atoms with Gasteiger partial charge in [0.25, 0.3) is 0 Å². The highest BCUT2D eigenvalue weighted by Crippen LogP contribution is 2.30. The van der Waals surface area contributed by atoms with Crippen molar-refractivity contribution >= 4 is 34.6 Å². The molecule has 0 aliphatic rings. The highest BCUT2D eigenvalue weighted by Gasteiger charge is 2.20. The zero-order chi connectivity index (χ0) is 19.4. The van der Waals surface area contributed by atoms with E-state index in [9.17, 15) is 19.5 Å². The van der Waals surface area contributed by atoms with Crippen molar-refractivity contribution in [3.8, 4) is 5.75 Å². The van der Waals surface area contributed by atoms with Gasteiger partial charge in [0.05, 0.1) is 36.5 Å². The molecular formula is C18H20NO6S-. The number of carbonyl (C=O) groups is 2. The summed E-state index contributed by atoms with van der Waals surface area (Å²) in [6, 6.07) is 2.41. The molecule has 26 heavy (non-hydrogen) atoms. The van der Waals surface area contributed by atoms with E-state index in [1.165, 1.54) is 18.9 Å². The number of hydrogen-bond acceptors (Lipinski definition) is 7. The van der Waals surface area contributed by atoms with Gasteiger partial charge in [-0.25, -0.2) is 4.79 Å². The van der Waals surface area contributed by atoms with Crippen LogP contribution in [-0.4, -0.2) is 37.0 Å². The third-order valence-electron chi connectivity index (χ3n) is 4.00. The van der Waals surface area contributed by atoms with Crippen molar-refractivity contribution < 1.29 is 23.8 Å². The van der Waals surface area contributed by atoms with E-state index in [1.807, 2.05) is 13.0 Å². The maximum atomic E-state index is 12.3. The maximum Gasteiger partial charge on any atom is 0.340 e. The van der Waals surface area contributed by atoms with Crippen LogP contribution < -0.4 is 20.8 Å². The Morgan fingerprint density at radius 1 is 1.35 bits per heavy atom. The highest BCUT2D eigenvalue weighted by atomic mass is 32.2. The van der Waals surface area contributed by atoms with Gasteiger partial charge in [-0.3, -0.25) is 4.79 Å². The van der Waals surface area contributed by atoms with Crippen LogP contribution in [0.25, 0.3) is 11.0 Å². The number of nitrogens with one attached hydrogen (secondary N) is 1. The predicted molar refractivity (Wildman–Crippen MR) is 97.5 cm³/mol. The molecule has 0 radical (unpaired) electrons. The molecule has 1 atom stereocenters. The number of aliphatic carboxylic acids is 1. The van der Waals surface area contributed by atoms with Crippen LogP contribution >= 0.6 is 11.8 Å². The number of aryl methyl sites for hydroxylation is 2. The molecule has 7 nitrogen and oxygen atoms in total. The van der Waals surface area contributed by atoms with Crippen molar-refractivity contribution in [1.82, 2.24) is 5.32 Å². The van der Waals surface area contributed by atoms with Gasteiger partial charge in [0.2, 0.25) is 5.91 Å². The van der Waals surface area contributed by atoms with Crippen LogP contribution in [0.3, 0.4) is 0 Å². The van der Waals surface area contributed by atoms with Crippen molar-refractivity contribution in [1.29, 1.82) is 0 Å². The normalized spacial score (nSPS) is 12.0. The summed E-state index contributed by atoms with van der Waals surface area (Å²) >= 11 is 1.27. The quantitative estimate of drug-likeness (QED) is 0.701. The number of ether oxygens (including phenoxy) is 1. The van der Waals surface area contributed by atoms with E-state index >= 15 is 0 Å². The number of benzene rings is 1. The van der Waals surface area contributed by atoms with Crippen LogP contribution in [0.2, 0.25) is 0 Å². The molecule has 0 bridgehead atoms. The van der Waals surface area contributed by atoms with E-state index in [0.29, 0.717) is 22.3 Å². The second-order valence-corrected chi connectivity index (χ2v) is 6.82. The Kier molecular flexibility index (Phi) is 6.31. The first kappa shape index (κ1) is 19.8. The maximum absolute atomic E-state index is 12.3. The van der Waals surface area contributed by atoms with Crippen molar-refractivity contribution in [2.75, 3.05) is 19.1 Å². The molecule has 1 heterocycles. The average Bonchev–Trinajstić information content (AvgIpc) is 2.56. The molecule has 0 aliphatic carbocycles. The number of thioether (sulfide) groups is 1. The van der Waals surface area contributed by atoms with Gasteiger partial charge in [0.1, 0.15) is 11.3 Å². The summed E-state index contributed by atoms with van der Waals surface area (Å²) in [7, 11) is 1.51. The molecule has 1 N–H and O–H groups in total. The van der Waals surface area contributed by atoms with Gasteiger partial charge in [-0.15, -0.1) is 0 Å². The summed E-state index contributed by atoms with van der Waals surface area (Å²) < 4.78 is 10.7. The van der Waals surface area contributed by atoms with Crippen LogP contribution in [0.5, 0.6) is 5.75 Å². The SMILES string of the molecule is COc1cc(C)cc2oc(=O)c(CC(=O)N[C@@H](CSC)C(=O)[O-])c(C)c12. The van der Waals surface area contributed by atoms with E-state index in [2.05, 4.69) is 5.32 Å². The molecule has 1 aromatic heterocycles. The summed E-state index contributed by atoms with van der Waals surface area (Å²) in [6.45, 7) is 3.56. The first-order valence-electron chi connectivity index (χ1n) is 7.88. The Bertz CT molecular complexity index is 905. The monoisotopic (exact) mass is 378 g/mol. The predicted octanol–water partition coefficient (Wildman–Crippen LogP) is 0.559. The molecule has 1 aromatic carbocycles. The lowest BCUT2D eigenvalue weighted by Crippen LogP contribution is -2.50. The van der Waals surface area contributed by atoms with Crippen LogP contribution in [0.15, 0.2) is 21.3 Å². The lowest BCUT2D eigenvalue weighted by atomic mass is 10.0. The molecule has 2 rings (SSSR count). The molecule has 2 aromatic rings. The largest absolute Gasteiger partial charge is 0.548 e. The summed E-state index contributed by atoms with van der Waals surface area (Å²) in [5.74, 6) is -1.24. The number of methoxy groups -OCH3 is 1. The van der Waals surface area contributed by atoms with Crippen molar-refractivity contribution in [2.45, 2.75) is 26.3 Å². The van der Waals surface area contributed by atoms with Crippen molar-refractivity contribution in [3.63, 3.8) is 0 Å². The third kappa shape index (κ3) is 4.19. The molecule has 140 valence electrons. The first-order valence-corrected chi connectivity index (χ1v) is 9.28. The summed E-state index contributed by atoms with van der Waals surface area (Å²) in [5.41, 5.74) is 1.35. The number of rotatable bonds is 7. The van der Waals surface area contributed by atoms with Crippen LogP contribution in [-0.2, 0) is 16.0 Å². The zero-order valence-electron chi connectivity index (χ0n) is 15.0. The number of carboxylic acid groups (broad SMARTS) is 1. The molecule has 8 heteroatoms. The second kappa shape index (κ2) is 8.27. The molecule has 0 saturated heterocycles. The minimum Gasteiger partial charge on any atom is -0.548 e. The lowest BCUT2D eigenvalue weighted by molar-refractivity contribution is -0.307. The fraction of sp³-hybridized carbons (Fsp3) is 0.389. The number of amides is 1. The lowest BCUT2D eigenvalue weighted by Gasteiger charge is -2.19. The van der Waals surface area contributed by atoms with E-state index in [4.69, 9.17) is 9.15 Å².